The first-order chi connectivity index (χ1) is 8.00. The molecule has 4 nitrogen and oxygen atoms in total. The van der Waals surface area contributed by atoms with Crippen LogP contribution < -0.4 is 5.32 Å². The third-order valence-electron chi connectivity index (χ3n) is 2.78. The van der Waals surface area contributed by atoms with Crippen LogP contribution in [0.25, 0.3) is 0 Å². The molecule has 2 rings (SSSR count). The summed E-state index contributed by atoms with van der Waals surface area (Å²) in [6.45, 7) is 3.79. The molecule has 1 aliphatic heterocycles. The van der Waals surface area contributed by atoms with Gasteiger partial charge in [-0.05, 0) is 53.8 Å². The van der Waals surface area contributed by atoms with Crippen molar-refractivity contribution in [2.75, 3.05) is 19.6 Å². The van der Waals surface area contributed by atoms with Gasteiger partial charge in [-0.25, -0.2) is 8.42 Å². The summed E-state index contributed by atoms with van der Waals surface area (Å²) in [5, 5.41) is 3.24. The van der Waals surface area contributed by atoms with E-state index in [1.54, 1.807) is 16.4 Å². The predicted octanol–water partition coefficient (Wildman–Crippen LogP) is 1.27. The van der Waals surface area contributed by atoms with E-state index in [4.69, 9.17) is 0 Å². The van der Waals surface area contributed by atoms with E-state index in [1.807, 2.05) is 19.1 Å². The normalized spacial score (nSPS) is 22.6. The average Bonchev–Trinajstić information content (AvgIpc) is 2.29. The highest BCUT2D eigenvalue weighted by molar-refractivity contribution is 14.1. The van der Waals surface area contributed by atoms with Crippen molar-refractivity contribution in [2.45, 2.75) is 17.9 Å². The Kier molecular flexibility index (Phi) is 4.06. The van der Waals surface area contributed by atoms with E-state index < -0.39 is 10.0 Å². The van der Waals surface area contributed by atoms with E-state index in [0.29, 0.717) is 24.5 Å². The Morgan fingerprint density at radius 2 is 2.00 bits per heavy atom. The van der Waals surface area contributed by atoms with E-state index in [-0.39, 0.29) is 6.04 Å². The molecule has 1 aromatic carbocycles. The van der Waals surface area contributed by atoms with Crippen LogP contribution >= 0.6 is 22.6 Å². The van der Waals surface area contributed by atoms with Crippen LogP contribution in [0.3, 0.4) is 0 Å². The first kappa shape index (κ1) is 13.3. The number of halogens is 1. The van der Waals surface area contributed by atoms with Gasteiger partial charge in [0, 0.05) is 29.2 Å². The lowest BCUT2D eigenvalue weighted by Gasteiger charge is -2.30. The minimum absolute atomic E-state index is 0.211. The number of nitrogens with one attached hydrogen (secondary N) is 1. The molecule has 1 aromatic rings. The molecule has 0 spiro atoms. The number of rotatable bonds is 2. The van der Waals surface area contributed by atoms with Crippen molar-refractivity contribution in [3.63, 3.8) is 0 Å². The molecule has 6 heteroatoms. The second-order valence-corrected chi connectivity index (χ2v) is 7.36. The lowest BCUT2D eigenvalue weighted by molar-refractivity contribution is 0.310. The highest BCUT2D eigenvalue weighted by Crippen LogP contribution is 2.18. The summed E-state index contributed by atoms with van der Waals surface area (Å²) >= 11 is 2.16. The fourth-order valence-corrected chi connectivity index (χ4v) is 3.76. The highest BCUT2D eigenvalue weighted by Gasteiger charge is 2.28. The van der Waals surface area contributed by atoms with Crippen molar-refractivity contribution in [3.8, 4) is 0 Å². The molecule has 17 heavy (non-hydrogen) atoms. The molecule has 0 aromatic heterocycles. The van der Waals surface area contributed by atoms with Crippen LogP contribution in [0.15, 0.2) is 29.2 Å². The number of hydrogen-bond acceptors (Lipinski definition) is 3. The number of hydrogen-bond donors (Lipinski definition) is 1. The number of nitrogens with zero attached hydrogens (tertiary/aromatic N) is 1. The molecular weight excluding hydrogens is 351 g/mol. The van der Waals surface area contributed by atoms with Gasteiger partial charge in [0.1, 0.15) is 0 Å². The highest BCUT2D eigenvalue weighted by atomic mass is 127. The zero-order valence-corrected chi connectivity index (χ0v) is 12.5. The third-order valence-corrected chi connectivity index (χ3v) is 5.38. The quantitative estimate of drug-likeness (QED) is 0.803. The van der Waals surface area contributed by atoms with Crippen LogP contribution in [0, 0.1) is 3.57 Å². The Morgan fingerprint density at radius 1 is 1.35 bits per heavy atom. The van der Waals surface area contributed by atoms with Crippen molar-refractivity contribution < 1.29 is 8.42 Å². The first-order valence-corrected chi connectivity index (χ1v) is 8.01. The smallest absolute Gasteiger partial charge is 0.243 e. The van der Waals surface area contributed by atoms with Gasteiger partial charge in [0.25, 0.3) is 0 Å². The minimum atomic E-state index is -3.32. The largest absolute Gasteiger partial charge is 0.312 e. The molecule has 0 amide bonds. The molecule has 0 unspecified atom stereocenters. The van der Waals surface area contributed by atoms with Crippen LogP contribution in [-0.2, 0) is 10.0 Å². The first-order valence-electron chi connectivity index (χ1n) is 5.49. The molecule has 1 aliphatic rings. The molecule has 0 bridgehead atoms. The molecule has 1 atom stereocenters. The Bertz CT molecular complexity index is 487. The van der Waals surface area contributed by atoms with Gasteiger partial charge in [-0.2, -0.15) is 4.31 Å². The van der Waals surface area contributed by atoms with Crippen LogP contribution in [0.4, 0.5) is 0 Å². The summed E-state index contributed by atoms with van der Waals surface area (Å²) in [6.07, 6.45) is 0. The molecule has 94 valence electrons. The fourth-order valence-electron chi connectivity index (χ4n) is 1.87. The molecule has 1 fully saturated rings. The summed E-state index contributed by atoms with van der Waals surface area (Å²) in [4.78, 5) is 0.381. The minimum Gasteiger partial charge on any atom is -0.312 e. The Balaban J connectivity index is 2.26. The summed E-state index contributed by atoms with van der Waals surface area (Å²) in [5.74, 6) is 0. The van der Waals surface area contributed by atoms with E-state index in [0.717, 1.165) is 3.57 Å². The molecule has 1 N–H and O–H groups in total. The fraction of sp³-hybridized carbons (Fsp3) is 0.455. The third kappa shape index (κ3) is 2.98. The van der Waals surface area contributed by atoms with Gasteiger partial charge in [-0.15, -0.1) is 0 Å². The molecular formula is C11H15IN2O2S. The summed E-state index contributed by atoms with van der Waals surface area (Å²) < 4.78 is 27.3. The maximum Gasteiger partial charge on any atom is 0.243 e. The van der Waals surface area contributed by atoms with Crippen molar-refractivity contribution in [1.29, 1.82) is 0 Å². The van der Waals surface area contributed by atoms with E-state index in [1.165, 1.54) is 0 Å². The van der Waals surface area contributed by atoms with Gasteiger partial charge in [-0.3, -0.25) is 0 Å². The van der Waals surface area contributed by atoms with Crippen LogP contribution in [0.1, 0.15) is 6.92 Å². The Morgan fingerprint density at radius 3 is 2.59 bits per heavy atom. The van der Waals surface area contributed by atoms with Crippen molar-refractivity contribution >= 4 is 32.6 Å². The van der Waals surface area contributed by atoms with Gasteiger partial charge in [-0.1, -0.05) is 0 Å². The lowest BCUT2D eigenvalue weighted by atomic mass is 10.3. The molecule has 1 heterocycles. The summed E-state index contributed by atoms with van der Waals surface area (Å²) in [5.41, 5.74) is 0. The zero-order valence-electron chi connectivity index (χ0n) is 9.56. The summed E-state index contributed by atoms with van der Waals surface area (Å²) in [7, 11) is -3.32. The lowest BCUT2D eigenvalue weighted by Crippen LogP contribution is -2.51. The Hall–Kier alpha value is -0.180. The van der Waals surface area contributed by atoms with E-state index in [2.05, 4.69) is 27.9 Å². The van der Waals surface area contributed by atoms with Gasteiger partial charge >= 0.3 is 0 Å². The molecule has 0 radical (unpaired) electrons. The molecule has 0 aliphatic carbocycles. The van der Waals surface area contributed by atoms with Gasteiger partial charge < -0.3 is 5.32 Å². The van der Waals surface area contributed by atoms with E-state index in [9.17, 15) is 8.42 Å². The SMILES string of the molecule is C[C@@H]1CN(S(=O)(=O)c2ccc(I)cc2)CCN1. The maximum absolute atomic E-state index is 12.3. The average molecular weight is 366 g/mol. The van der Waals surface area contributed by atoms with Gasteiger partial charge in [0.2, 0.25) is 10.0 Å². The molecule has 1 saturated heterocycles. The topological polar surface area (TPSA) is 49.4 Å². The van der Waals surface area contributed by atoms with Crippen LogP contribution in [0.2, 0.25) is 0 Å². The second-order valence-electron chi connectivity index (χ2n) is 4.17. The van der Waals surface area contributed by atoms with Crippen molar-refractivity contribution in [3.05, 3.63) is 27.8 Å². The van der Waals surface area contributed by atoms with Crippen molar-refractivity contribution in [1.82, 2.24) is 9.62 Å². The number of benzene rings is 1. The molecule has 0 saturated carbocycles. The van der Waals surface area contributed by atoms with E-state index >= 15 is 0 Å². The predicted molar refractivity (Wildman–Crippen MR) is 75.4 cm³/mol. The standard InChI is InChI=1S/C11H15IN2O2S/c1-9-8-14(7-6-13-9)17(15,16)11-4-2-10(12)3-5-11/h2-5,9,13H,6-8H2,1H3/t9-/m1/s1. The second kappa shape index (κ2) is 5.21. The maximum atomic E-state index is 12.3. The van der Waals surface area contributed by atoms with Crippen LogP contribution in [-0.4, -0.2) is 38.4 Å². The zero-order chi connectivity index (χ0) is 12.5. The Labute approximate surface area is 116 Å². The van der Waals surface area contributed by atoms with Crippen LogP contribution in [0.5, 0.6) is 0 Å². The monoisotopic (exact) mass is 366 g/mol. The number of sulfonamides is 1. The van der Waals surface area contributed by atoms with Gasteiger partial charge in [0.15, 0.2) is 0 Å². The van der Waals surface area contributed by atoms with Crippen molar-refractivity contribution in [2.24, 2.45) is 0 Å². The summed E-state index contributed by atoms with van der Waals surface area (Å²) in [6, 6.07) is 7.19. The number of piperazine rings is 1. The van der Waals surface area contributed by atoms with Gasteiger partial charge in [0.05, 0.1) is 4.90 Å².